The van der Waals surface area contributed by atoms with E-state index in [0.29, 0.717) is 11.3 Å². The minimum atomic E-state index is 0.180. The molecule has 0 bridgehead atoms. The van der Waals surface area contributed by atoms with Gasteiger partial charge in [-0.05, 0) is 30.5 Å². The highest BCUT2D eigenvalue weighted by molar-refractivity contribution is 5.55. The van der Waals surface area contributed by atoms with Crippen molar-refractivity contribution in [3.05, 3.63) is 29.3 Å². The van der Waals surface area contributed by atoms with Crippen molar-refractivity contribution in [2.75, 3.05) is 12.3 Å². The first-order valence-corrected chi connectivity index (χ1v) is 4.17. The number of anilines is 1. The van der Waals surface area contributed by atoms with E-state index in [4.69, 9.17) is 16.1 Å². The third kappa shape index (κ3) is 2.46. The van der Waals surface area contributed by atoms with Gasteiger partial charge in [0.2, 0.25) is 0 Å². The molecule has 68 valence electrons. The maximum atomic E-state index is 8.62. The lowest BCUT2D eigenvalue weighted by Gasteiger charge is -2.02. The lowest BCUT2D eigenvalue weighted by atomic mass is 10.1. The van der Waals surface area contributed by atoms with Crippen molar-refractivity contribution in [3.63, 3.8) is 0 Å². The van der Waals surface area contributed by atoms with Crippen molar-refractivity contribution in [3.8, 4) is 6.07 Å². The Morgan fingerprint density at radius 2 is 2.23 bits per heavy atom. The van der Waals surface area contributed by atoms with E-state index in [0.717, 1.165) is 18.4 Å². The van der Waals surface area contributed by atoms with E-state index < -0.39 is 0 Å². The Kier molecular flexibility index (Phi) is 3.30. The zero-order valence-electron chi connectivity index (χ0n) is 7.33. The SMILES string of the molecule is N#Cc1ccc(CCCO)cc1N. The highest BCUT2D eigenvalue weighted by Crippen LogP contribution is 2.14. The molecule has 0 saturated heterocycles. The van der Waals surface area contributed by atoms with Gasteiger partial charge in [0.1, 0.15) is 6.07 Å². The molecule has 0 atom stereocenters. The number of nitrogens with zero attached hydrogens (tertiary/aromatic N) is 1. The highest BCUT2D eigenvalue weighted by atomic mass is 16.2. The minimum absolute atomic E-state index is 0.180. The molecule has 0 amide bonds. The molecule has 0 aliphatic rings. The van der Waals surface area contributed by atoms with Crippen molar-refractivity contribution in [1.29, 1.82) is 5.26 Å². The molecule has 1 aromatic carbocycles. The number of aryl methyl sites for hydroxylation is 1. The second-order valence-corrected chi connectivity index (χ2v) is 2.86. The second-order valence-electron chi connectivity index (χ2n) is 2.86. The van der Waals surface area contributed by atoms with Crippen LogP contribution in [0.2, 0.25) is 0 Å². The quantitative estimate of drug-likeness (QED) is 0.676. The smallest absolute Gasteiger partial charge is 0.101 e. The Labute approximate surface area is 77.4 Å². The molecule has 0 spiro atoms. The summed E-state index contributed by atoms with van der Waals surface area (Å²) in [6.45, 7) is 0.180. The topological polar surface area (TPSA) is 70.0 Å². The molecular weight excluding hydrogens is 164 g/mol. The van der Waals surface area contributed by atoms with Crippen LogP contribution < -0.4 is 5.73 Å². The van der Waals surface area contributed by atoms with Crippen molar-refractivity contribution < 1.29 is 5.11 Å². The van der Waals surface area contributed by atoms with E-state index >= 15 is 0 Å². The van der Waals surface area contributed by atoms with Gasteiger partial charge in [-0.2, -0.15) is 5.26 Å². The number of nitrogen functional groups attached to an aromatic ring is 1. The number of nitriles is 1. The van der Waals surface area contributed by atoms with Crippen LogP contribution in [0.5, 0.6) is 0 Å². The van der Waals surface area contributed by atoms with Crippen LogP contribution in [-0.2, 0) is 6.42 Å². The Hall–Kier alpha value is -1.53. The van der Waals surface area contributed by atoms with Crippen molar-refractivity contribution >= 4 is 5.69 Å². The number of hydrogen-bond donors (Lipinski definition) is 2. The molecule has 0 unspecified atom stereocenters. The fourth-order valence-corrected chi connectivity index (χ4v) is 1.15. The Morgan fingerprint density at radius 3 is 2.77 bits per heavy atom. The van der Waals surface area contributed by atoms with E-state index in [1.54, 1.807) is 12.1 Å². The summed E-state index contributed by atoms with van der Waals surface area (Å²) in [5.41, 5.74) is 7.70. The zero-order valence-corrected chi connectivity index (χ0v) is 7.33. The standard InChI is InChI=1S/C10H12N2O/c11-7-9-4-3-8(2-1-5-13)6-10(9)12/h3-4,6,13H,1-2,5,12H2. The molecule has 0 aromatic heterocycles. The first-order chi connectivity index (χ1) is 6.27. The monoisotopic (exact) mass is 176 g/mol. The number of hydrogen-bond acceptors (Lipinski definition) is 3. The normalized spacial score (nSPS) is 9.54. The summed E-state index contributed by atoms with van der Waals surface area (Å²) < 4.78 is 0. The van der Waals surface area contributed by atoms with E-state index in [2.05, 4.69) is 0 Å². The van der Waals surface area contributed by atoms with Crippen LogP contribution in [0, 0.1) is 11.3 Å². The van der Waals surface area contributed by atoms with E-state index in [9.17, 15) is 0 Å². The minimum Gasteiger partial charge on any atom is -0.398 e. The van der Waals surface area contributed by atoms with Gasteiger partial charge in [0, 0.05) is 12.3 Å². The molecule has 0 radical (unpaired) electrons. The molecule has 1 rings (SSSR count). The molecule has 3 heteroatoms. The second kappa shape index (κ2) is 4.48. The van der Waals surface area contributed by atoms with Gasteiger partial charge in [0.15, 0.2) is 0 Å². The summed E-state index contributed by atoms with van der Waals surface area (Å²) in [5.74, 6) is 0. The maximum Gasteiger partial charge on any atom is 0.101 e. The third-order valence-corrected chi connectivity index (χ3v) is 1.86. The van der Waals surface area contributed by atoms with E-state index in [1.807, 2.05) is 12.1 Å². The summed E-state index contributed by atoms with van der Waals surface area (Å²) in [4.78, 5) is 0. The van der Waals surface area contributed by atoms with Crippen molar-refractivity contribution in [1.82, 2.24) is 0 Å². The van der Waals surface area contributed by atoms with Crippen LogP contribution in [-0.4, -0.2) is 11.7 Å². The van der Waals surface area contributed by atoms with E-state index in [-0.39, 0.29) is 6.61 Å². The lowest BCUT2D eigenvalue weighted by molar-refractivity contribution is 0.288. The number of benzene rings is 1. The predicted octanol–water partition coefficient (Wildman–Crippen LogP) is 1.07. The van der Waals surface area contributed by atoms with Crippen LogP contribution in [0.4, 0.5) is 5.69 Å². The van der Waals surface area contributed by atoms with Gasteiger partial charge in [0.25, 0.3) is 0 Å². The summed E-state index contributed by atoms with van der Waals surface area (Å²) >= 11 is 0. The summed E-state index contributed by atoms with van der Waals surface area (Å²) in [7, 11) is 0. The number of nitrogens with two attached hydrogens (primary N) is 1. The fourth-order valence-electron chi connectivity index (χ4n) is 1.15. The van der Waals surface area contributed by atoms with Gasteiger partial charge in [-0.25, -0.2) is 0 Å². The summed E-state index contributed by atoms with van der Waals surface area (Å²) in [6, 6.07) is 7.37. The first kappa shape index (κ1) is 9.56. The Bertz CT molecular complexity index is 328. The number of aliphatic hydroxyl groups excluding tert-OH is 1. The molecular formula is C10H12N2O. The van der Waals surface area contributed by atoms with Gasteiger partial charge in [-0.3, -0.25) is 0 Å². The molecule has 0 aliphatic carbocycles. The van der Waals surface area contributed by atoms with Gasteiger partial charge < -0.3 is 10.8 Å². The van der Waals surface area contributed by atoms with Gasteiger partial charge >= 0.3 is 0 Å². The number of rotatable bonds is 3. The summed E-state index contributed by atoms with van der Waals surface area (Å²) in [5, 5.41) is 17.2. The Balaban J connectivity index is 2.79. The number of aliphatic hydroxyl groups is 1. The highest BCUT2D eigenvalue weighted by Gasteiger charge is 1.99. The van der Waals surface area contributed by atoms with Crippen LogP contribution in [0.15, 0.2) is 18.2 Å². The molecule has 13 heavy (non-hydrogen) atoms. The molecule has 0 saturated carbocycles. The molecule has 3 nitrogen and oxygen atoms in total. The van der Waals surface area contributed by atoms with Crippen LogP contribution >= 0.6 is 0 Å². The van der Waals surface area contributed by atoms with Crippen LogP contribution in [0.3, 0.4) is 0 Å². The van der Waals surface area contributed by atoms with Gasteiger partial charge in [-0.1, -0.05) is 6.07 Å². The summed E-state index contributed by atoms with van der Waals surface area (Å²) in [6.07, 6.45) is 1.53. The molecule has 0 aliphatic heterocycles. The average Bonchev–Trinajstić information content (AvgIpc) is 2.15. The van der Waals surface area contributed by atoms with Gasteiger partial charge in [0.05, 0.1) is 5.56 Å². The molecule has 3 N–H and O–H groups in total. The third-order valence-electron chi connectivity index (χ3n) is 1.86. The van der Waals surface area contributed by atoms with Crippen molar-refractivity contribution in [2.24, 2.45) is 0 Å². The average molecular weight is 176 g/mol. The van der Waals surface area contributed by atoms with Gasteiger partial charge in [-0.15, -0.1) is 0 Å². The maximum absolute atomic E-state index is 8.62. The Morgan fingerprint density at radius 1 is 1.46 bits per heavy atom. The van der Waals surface area contributed by atoms with Crippen LogP contribution in [0.25, 0.3) is 0 Å². The zero-order chi connectivity index (χ0) is 9.68. The largest absolute Gasteiger partial charge is 0.398 e. The molecule has 0 fully saturated rings. The van der Waals surface area contributed by atoms with Crippen molar-refractivity contribution in [2.45, 2.75) is 12.8 Å². The van der Waals surface area contributed by atoms with E-state index in [1.165, 1.54) is 0 Å². The molecule has 1 aromatic rings. The lowest BCUT2D eigenvalue weighted by Crippen LogP contribution is -1.94. The first-order valence-electron chi connectivity index (χ1n) is 4.17. The molecule has 0 heterocycles. The fraction of sp³-hybridized carbons (Fsp3) is 0.300. The predicted molar refractivity (Wildman–Crippen MR) is 51.0 cm³/mol. The van der Waals surface area contributed by atoms with Crippen LogP contribution in [0.1, 0.15) is 17.5 Å².